The number of benzene rings is 3. The lowest BCUT2D eigenvalue weighted by Crippen LogP contribution is -2.14. The van der Waals surface area contributed by atoms with Crippen molar-refractivity contribution in [3.8, 4) is 17.2 Å². The second-order valence-electron chi connectivity index (χ2n) is 12.6. The Hall–Kier alpha value is -3.66. The molecule has 0 unspecified atom stereocenters. The van der Waals surface area contributed by atoms with Crippen molar-refractivity contribution in [3.63, 3.8) is 0 Å². The number of rotatable bonds is 1. The van der Waals surface area contributed by atoms with Crippen molar-refractivity contribution in [2.75, 3.05) is 0 Å². The van der Waals surface area contributed by atoms with Crippen LogP contribution in [-0.2, 0) is 64.7 Å². The number of phenolic OH excluding ortho intramolecular Hbond substituents is 3. The van der Waals surface area contributed by atoms with E-state index in [2.05, 4.69) is 41.5 Å². The van der Waals surface area contributed by atoms with E-state index in [1.54, 1.807) is 0 Å². The summed E-state index contributed by atoms with van der Waals surface area (Å²) in [4.78, 5) is 11.1. The second-order valence-corrected chi connectivity index (χ2v) is 12.6. The summed E-state index contributed by atoms with van der Waals surface area (Å²) in [6, 6.07) is 10.1. The van der Waals surface area contributed by atoms with Gasteiger partial charge in [-0.1, -0.05) is 41.5 Å². The molecule has 1 aliphatic heterocycles. The molecule has 0 saturated carbocycles. The van der Waals surface area contributed by atoms with Gasteiger partial charge in [-0.3, -0.25) is 10.1 Å². The van der Waals surface area contributed by atoms with E-state index < -0.39 is 4.92 Å². The zero-order valence-corrected chi connectivity index (χ0v) is 24.5. The van der Waals surface area contributed by atoms with Crippen molar-refractivity contribution in [2.24, 2.45) is 0 Å². The number of fused-ring (bicyclic) bond motifs is 6. The molecule has 220 valence electrons. The van der Waals surface area contributed by atoms with Crippen LogP contribution >= 0.6 is 0 Å². The van der Waals surface area contributed by atoms with Crippen LogP contribution in [0, 0.1) is 10.1 Å². The Morgan fingerprint density at radius 1 is 0.561 bits per heavy atom. The summed E-state index contributed by atoms with van der Waals surface area (Å²) in [7, 11) is 0. The maximum absolute atomic E-state index is 11.6. The molecular weight excluding hydrogens is 526 g/mol. The highest BCUT2D eigenvalue weighted by atomic mass is 16.6. The van der Waals surface area contributed by atoms with E-state index in [1.165, 1.54) is 12.1 Å². The van der Waals surface area contributed by atoms with Crippen LogP contribution in [0.5, 0.6) is 17.2 Å². The molecule has 0 spiro atoms. The second kappa shape index (κ2) is 11.7. The Bertz CT molecular complexity index is 1350. The largest absolute Gasteiger partial charge is 0.507 e. The number of nitro groups is 1. The van der Waals surface area contributed by atoms with Gasteiger partial charge in [0.05, 0.1) is 44.6 Å². The van der Waals surface area contributed by atoms with Crippen LogP contribution in [0.2, 0.25) is 0 Å². The van der Waals surface area contributed by atoms with Gasteiger partial charge in [-0.25, -0.2) is 0 Å². The maximum Gasteiger partial charge on any atom is 0.270 e. The average Bonchev–Trinajstić information content (AvgIpc) is 2.87. The molecular formula is C32H39NO8. The third-order valence-electron chi connectivity index (χ3n) is 7.28. The fraction of sp³-hybridized carbons (Fsp3) is 0.438. The van der Waals surface area contributed by atoms with Crippen molar-refractivity contribution < 1.29 is 34.5 Å². The van der Waals surface area contributed by atoms with E-state index in [1.807, 2.05) is 24.3 Å². The van der Waals surface area contributed by atoms with Gasteiger partial charge in [-0.2, -0.15) is 0 Å². The number of non-ortho nitro benzene ring substituents is 1. The van der Waals surface area contributed by atoms with Crippen LogP contribution in [0.15, 0.2) is 36.4 Å². The lowest BCUT2D eigenvalue weighted by Gasteiger charge is -2.24. The van der Waals surface area contributed by atoms with Gasteiger partial charge >= 0.3 is 0 Å². The molecule has 41 heavy (non-hydrogen) atoms. The van der Waals surface area contributed by atoms with E-state index >= 15 is 0 Å². The Labute approximate surface area is 240 Å². The van der Waals surface area contributed by atoms with Gasteiger partial charge in [-0.15, -0.1) is 0 Å². The molecule has 6 bridgehead atoms. The number of ether oxygens (including phenoxy) is 3. The SMILES string of the molecule is CC(C)(C)c1cc2c(O)c(c1)COCc1cc(C(C)(C)C)cc(c1O)COCc1cc([N+](=O)[O-])cc(c1O)COC2. The number of nitrogens with zero attached hydrogens (tertiary/aromatic N) is 1. The predicted molar refractivity (Wildman–Crippen MR) is 154 cm³/mol. The molecule has 4 rings (SSSR count). The lowest BCUT2D eigenvalue weighted by molar-refractivity contribution is -0.385. The zero-order chi connectivity index (χ0) is 30.1. The van der Waals surface area contributed by atoms with Crippen LogP contribution in [0.1, 0.15) is 86.1 Å². The summed E-state index contributed by atoms with van der Waals surface area (Å²) < 4.78 is 17.8. The zero-order valence-electron chi connectivity index (χ0n) is 24.5. The van der Waals surface area contributed by atoms with Gasteiger partial charge in [0.25, 0.3) is 5.69 Å². The molecule has 0 atom stereocenters. The van der Waals surface area contributed by atoms with Crippen LogP contribution in [0.4, 0.5) is 5.69 Å². The lowest BCUT2D eigenvalue weighted by atomic mass is 9.84. The van der Waals surface area contributed by atoms with Crippen molar-refractivity contribution in [1.82, 2.24) is 0 Å². The van der Waals surface area contributed by atoms with Gasteiger partial charge in [0, 0.05) is 45.5 Å². The Kier molecular flexibility index (Phi) is 8.63. The van der Waals surface area contributed by atoms with E-state index in [0.717, 1.165) is 11.1 Å². The van der Waals surface area contributed by atoms with E-state index in [9.17, 15) is 25.4 Å². The number of phenols is 3. The first-order valence-corrected chi connectivity index (χ1v) is 13.6. The van der Waals surface area contributed by atoms with Crippen LogP contribution in [0.25, 0.3) is 0 Å². The first kappa shape index (κ1) is 30.3. The summed E-state index contributed by atoms with van der Waals surface area (Å²) in [6.45, 7) is 12.4. The number of nitro benzene ring substituents is 1. The van der Waals surface area contributed by atoms with Crippen molar-refractivity contribution in [2.45, 2.75) is 92.0 Å². The minimum absolute atomic E-state index is 0.00843. The summed E-state index contributed by atoms with van der Waals surface area (Å²) in [5, 5.41) is 44.8. The van der Waals surface area contributed by atoms with Gasteiger partial charge in [0.1, 0.15) is 17.2 Å². The molecule has 3 N–H and O–H groups in total. The van der Waals surface area contributed by atoms with Crippen molar-refractivity contribution in [1.29, 1.82) is 0 Å². The molecule has 9 heteroatoms. The highest BCUT2D eigenvalue weighted by Gasteiger charge is 2.23. The molecule has 0 aliphatic carbocycles. The summed E-state index contributed by atoms with van der Waals surface area (Å²) in [5.41, 5.74) is 3.97. The Morgan fingerprint density at radius 2 is 0.805 bits per heavy atom. The highest BCUT2D eigenvalue weighted by molar-refractivity contribution is 5.50. The minimum atomic E-state index is -0.533. The molecule has 0 aromatic heterocycles. The average molecular weight is 566 g/mol. The van der Waals surface area contributed by atoms with E-state index in [-0.39, 0.29) is 84.5 Å². The summed E-state index contributed by atoms with van der Waals surface area (Å²) in [5.74, 6) is -0.0959. The quantitative estimate of drug-likeness (QED) is 0.218. The molecule has 0 amide bonds. The fourth-order valence-corrected chi connectivity index (χ4v) is 4.71. The number of hydrogen-bond acceptors (Lipinski definition) is 8. The molecule has 9 nitrogen and oxygen atoms in total. The fourth-order valence-electron chi connectivity index (χ4n) is 4.71. The van der Waals surface area contributed by atoms with Gasteiger partial charge in [0.15, 0.2) is 0 Å². The van der Waals surface area contributed by atoms with Gasteiger partial charge in [-0.05, 0) is 46.2 Å². The predicted octanol–water partition coefficient (Wildman–Crippen LogP) is 6.77. The van der Waals surface area contributed by atoms with Crippen molar-refractivity contribution >= 4 is 5.69 Å². The molecule has 0 radical (unpaired) electrons. The molecule has 3 aromatic rings. The smallest absolute Gasteiger partial charge is 0.270 e. The van der Waals surface area contributed by atoms with Crippen LogP contribution < -0.4 is 0 Å². The maximum atomic E-state index is 11.6. The van der Waals surface area contributed by atoms with Gasteiger partial charge in [0.2, 0.25) is 0 Å². The molecule has 0 fully saturated rings. The third-order valence-corrected chi connectivity index (χ3v) is 7.28. The van der Waals surface area contributed by atoms with Crippen LogP contribution in [0.3, 0.4) is 0 Å². The number of hydrogen-bond donors (Lipinski definition) is 3. The topological polar surface area (TPSA) is 132 Å². The molecule has 1 aliphatic rings. The van der Waals surface area contributed by atoms with E-state index in [0.29, 0.717) is 22.3 Å². The third kappa shape index (κ3) is 6.98. The van der Waals surface area contributed by atoms with Crippen LogP contribution in [-0.4, -0.2) is 20.2 Å². The number of aromatic hydroxyl groups is 3. The standard InChI is InChI=1S/C32H39NO8/c1-31(2,3)25-7-19-13-39-14-20-8-26(32(4,5)6)10-22(29(20)35)16-41-18-24-12-27(33(37)38)11-23(30(24)36)17-40-15-21(9-25)28(19)34/h7-12,34-36H,13-18H2,1-6H3. The molecule has 3 aromatic carbocycles. The minimum Gasteiger partial charge on any atom is -0.507 e. The summed E-state index contributed by atoms with van der Waals surface area (Å²) in [6.07, 6.45) is 0. The normalized spacial score (nSPS) is 15.2. The monoisotopic (exact) mass is 565 g/mol. The Morgan fingerprint density at radius 3 is 1.02 bits per heavy atom. The first-order chi connectivity index (χ1) is 19.1. The van der Waals surface area contributed by atoms with Gasteiger partial charge < -0.3 is 29.5 Å². The van der Waals surface area contributed by atoms with E-state index in [4.69, 9.17) is 14.2 Å². The first-order valence-electron chi connectivity index (χ1n) is 13.6. The molecule has 1 heterocycles. The summed E-state index contributed by atoms with van der Waals surface area (Å²) >= 11 is 0. The highest BCUT2D eigenvalue weighted by Crippen LogP contribution is 2.36. The van der Waals surface area contributed by atoms with Crippen molar-refractivity contribution in [3.05, 3.63) is 91.0 Å². The molecule has 0 saturated heterocycles. The Balaban J connectivity index is 1.82.